The highest BCUT2D eigenvalue weighted by Crippen LogP contribution is 2.36. The van der Waals surface area contributed by atoms with Crippen molar-refractivity contribution in [2.24, 2.45) is 0 Å². The molecule has 0 spiro atoms. The predicted octanol–water partition coefficient (Wildman–Crippen LogP) is 2.70. The van der Waals surface area contributed by atoms with Crippen molar-refractivity contribution in [3.05, 3.63) is 35.1 Å². The number of carbonyl (C=O) groups is 1. The summed E-state index contributed by atoms with van der Waals surface area (Å²) < 4.78 is 64.9. The van der Waals surface area contributed by atoms with Crippen molar-refractivity contribution in [1.82, 2.24) is 19.7 Å². The summed E-state index contributed by atoms with van der Waals surface area (Å²) >= 11 is 5.80. The van der Waals surface area contributed by atoms with Crippen LogP contribution in [0.2, 0.25) is 5.02 Å². The van der Waals surface area contributed by atoms with Crippen molar-refractivity contribution in [1.29, 1.82) is 0 Å². The highest BCUT2D eigenvalue weighted by atomic mass is 35.5. The first-order valence-electron chi connectivity index (χ1n) is 6.78. The lowest BCUT2D eigenvalue weighted by Crippen LogP contribution is -2.31. The Bertz CT molecular complexity index is 911. The van der Waals surface area contributed by atoms with Gasteiger partial charge in [0.25, 0.3) is 0 Å². The molecule has 0 aliphatic rings. The first-order chi connectivity index (χ1) is 11.5. The second-order valence-corrected chi connectivity index (χ2v) is 7.07. The fourth-order valence-electron chi connectivity index (χ4n) is 1.84. The molecule has 0 aliphatic heterocycles. The van der Waals surface area contributed by atoms with Crippen molar-refractivity contribution in [3.63, 3.8) is 0 Å². The number of hydrogen-bond donors (Lipinski definition) is 0. The number of amides is 1. The molecule has 7 nitrogen and oxygen atoms in total. The Kier molecular flexibility index (Phi) is 5.09. The van der Waals surface area contributed by atoms with E-state index in [-0.39, 0.29) is 0 Å². The van der Waals surface area contributed by atoms with E-state index in [0.29, 0.717) is 17.3 Å². The highest BCUT2D eigenvalue weighted by molar-refractivity contribution is 7.91. The van der Waals surface area contributed by atoms with E-state index >= 15 is 0 Å². The van der Waals surface area contributed by atoms with E-state index in [0.717, 1.165) is 18.5 Å². The van der Waals surface area contributed by atoms with Gasteiger partial charge < -0.3 is 4.90 Å². The Labute approximate surface area is 145 Å². The molecule has 0 saturated carbocycles. The van der Waals surface area contributed by atoms with Gasteiger partial charge in [-0.25, -0.2) is 18.2 Å². The topological polar surface area (TPSA) is 85.2 Å². The molecule has 136 valence electrons. The van der Waals surface area contributed by atoms with Gasteiger partial charge in [0.15, 0.2) is 5.03 Å². The molecule has 2 aromatic rings. The van der Waals surface area contributed by atoms with Crippen LogP contribution in [-0.4, -0.2) is 47.7 Å². The van der Waals surface area contributed by atoms with Gasteiger partial charge in [-0.15, -0.1) is 5.10 Å². The molecule has 1 amide bonds. The molecule has 0 aliphatic carbocycles. The minimum Gasteiger partial charge on any atom is -0.326 e. The molecule has 0 N–H and O–H groups in total. The fourth-order valence-corrected chi connectivity index (χ4v) is 3.64. The van der Waals surface area contributed by atoms with Gasteiger partial charge in [0.2, 0.25) is 14.9 Å². The summed E-state index contributed by atoms with van der Waals surface area (Å²) in [6.45, 7) is 1.97. The smallest absolute Gasteiger partial charge is 0.326 e. The van der Waals surface area contributed by atoms with Crippen molar-refractivity contribution in [2.45, 2.75) is 23.2 Å². The van der Waals surface area contributed by atoms with Crippen molar-refractivity contribution in [3.8, 4) is 0 Å². The Morgan fingerprint density at radius 1 is 1.36 bits per heavy atom. The van der Waals surface area contributed by atoms with Crippen LogP contribution in [0.4, 0.5) is 18.0 Å². The summed E-state index contributed by atoms with van der Waals surface area (Å²) in [6.07, 6.45) is -3.12. The van der Waals surface area contributed by atoms with Gasteiger partial charge in [-0.05, 0) is 19.1 Å². The summed E-state index contributed by atoms with van der Waals surface area (Å²) in [7, 11) is -3.36. The van der Waals surface area contributed by atoms with Crippen LogP contribution in [0.3, 0.4) is 0 Å². The lowest BCUT2D eigenvalue weighted by atomic mass is 10.3. The molecule has 25 heavy (non-hydrogen) atoms. The van der Waals surface area contributed by atoms with Gasteiger partial charge >= 0.3 is 12.2 Å². The van der Waals surface area contributed by atoms with Crippen LogP contribution in [0.25, 0.3) is 0 Å². The third-order valence-corrected chi connectivity index (χ3v) is 5.25. The monoisotopic (exact) mass is 396 g/mol. The van der Waals surface area contributed by atoms with E-state index in [9.17, 15) is 26.4 Å². The van der Waals surface area contributed by atoms with Crippen LogP contribution in [0, 0.1) is 0 Å². The Morgan fingerprint density at radius 2 is 2.00 bits per heavy atom. The number of carbonyl (C=O) groups excluding carboxylic acids is 1. The first kappa shape index (κ1) is 19.2. The summed E-state index contributed by atoms with van der Waals surface area (Å²) in [5.74, 6) is 0. The number of halogens is 4. The molecular formula is C13H12ClF3N4O3S. The van der Waals surface area contributed by atoms with Crippen LogP contribution < -0.4 is 0 Å². The summed E-state index contributed by atoms with van der Waals surface area (Å²) in [5, 5.41) is 0.950. The normalized spacial score (nSPS) is 12.2. The van der Waals surface area contributed by atoms with Crippen molar-refractivity contribution >= 4 is 27.5 Å². The number of alkyl halides is 3. The molecule has 0 radical (unpaired) electrons. The maximum atomic E-state index is 13.1. The summed E-state index contributed by atoms with van der Waals surface area (Å²) in [6, 6.07) is 0.852. The average Bonchev–Trinajstić information content (AvgIpc) is 2.95. The molecule has 0 saturated heterocycles. The lowest BCUT2D eigenvalue weighted by Gasteiger charge is -2.13. The molecule has 2 heterocycles. The van der Waals surface area contributed by atoms with Gasteiger partial charge in [-0.3, -0.25) is 0 Å². The molecule has 12 heteroatoms. The van der Waals surface area contributed by atoms with E-state index in [1.165, 1.54) is 11.9 Å². The lowest BCUT2D eigenvalue weighted by molar-refractivity contribution is -0.140. The van der Waals surface area contributed by atoms with E-state index < -0.39 is 42.7 Å². The van der Waals surface area contributed by atoms with Crippen LogP contribution >= 0.6 is 11.6 Å². The zero-order chi connectivity index (χ0) is 19.0. The maximum absolute atomic E-state index is 13.1. The van der Waals surface area contributed by atoms with Crippen molar-refractivity contribution in [2.75, 3.05) is 13.6 Å². The molecule has 2 rings (SSSR count). The SMILES string of the molecule is CCN(C)C(=O)n1cc(Cl)c(S(=O)(=O)c2ncccc2C(F)(F)F)n1. The minimum atomic E-state index is -4.94. The van der Waals surface area contributed by atoms with E-state index in [1.54, 1.807) is 6.92 Å². The first-order valence-corrected chi connectivity index (χ1v) is 8.64. The predicted molar refractivity (Wildman–Crippen MR) is 81.0 cm³/mol. The summed E-state index contributed by atoms with van der Waals surface area (Å²) in [4.78, 5) is 16.5. The third-order valence-electron chi connectivity index (χ3n) is 3.22. The van der Waals surface area contributed by atoms with E-state index in [2.05, 4.69) is 10.1 Å². The van der Waals surface area contributed by atoms with Crippen molar-refractivity contribution < 1.29 is 26.4 Å². The van der Waals surface area contributed by atoms with Crippen LogP contribution in [-0.2, 0) is 16.0 Å². The van der Waals surface area contributed by atoms with Crippen LogP contribution in [0.5, 0.6) is 0 Å². The Hall–Kier alpha value is -2.14. The second kappa shape index (κ2) is 6.64. The van der Waals surface area contributed by atoms with Gasteiger partial charge in [-0.1, -0.05) is 11.6 Å². The minimum absolute atomic E-state index is 0.302. The number of sulfone groups is 1. The quantitative estimate of drug-likeness (QED) is 0.796. The summed E-state index contributed by atoms with van der Waals surface area (Å²) in [5.41, 5.74) is -1.45. The molecule has 0 aromatic carbocycles. The standard InChI is InChI=1S/C13H12ClF3N4O3S/c1-3-20(2)12(22)21-7-9(14)11(19-21)25(23,24)10-8(13(15,16)17)5-4-6-18-10/h4-7H,3H2,1-2H3. The van der Waals surface area contributed by atoms with Gasteiger partial charge in [-0.2, -0.15) is 17.9 Å². The second-order valence-electron chi connectivity index (χ2n) is 4.88. The number of aromatic nitrogens is 3. The van der Waals surface area contributed by atoms with Gasteiger partial charge in [0, 0.05) is 19.8 Å². The van der Waals surface area contributed by atoms with Crippen LogP contribution in [0.15, 0.2) is 34.6 Å². The maximum Gasteiger partial charge on any atom is 0.419 e. The molecule has 0 unspecified atom stereocenters. The zero-order valence-corrected chi connectivity index (χ0v) is 14.5. The van der Waals surface area contributed by atoms with E-state index in [4.69, 9.17) is 11.6 Å². The number of rotatable bonds is 3. The van der Waals surface area contributed by atoms with E-state index in [1.807, 2.05) is 0 Å². The largest absolute Gasteiger partial charge is 0.419 e. The Balaban J connectivity index is 2.60. The highest BCUT2D eigenvalue weighted by Gasteiger charge is 2.40. The molecule has 0 fully saturated rings. The molecule has 0 bridgehead atoms. The fraction of sp³-hybridized carbons (Fsp3) is 0.308. The molecule has 0 atom stereocenters. The van der Waals surface area contributed by atoms with Gasteiger partial charge in [0.1, 0.15) is 0 Å². The Morgan fingerprint density at radius 3 is 2.56 bits per heavy atom. The third kappa shape index (κ3) is 3.61. The molecule has 2 aromatic heterocycles. The molecular weight excluding hydrogens is 385 g/mol. The van der Waals surface area contributed by atoms with Crippen LogP contribution in [0.1, 0.15) is 12.5 Å². The average molecular weight is 397 g/mol. The van der Waals surface area contributed by atoms with Gasteiger partial charge in [0.05, 0.1) is 16.8 Å². The number of nitrogens with zero attached hydrogens (tertiary/aromatic N) is 4. The number of hydrogen-bond acceptors (Lipinski definition) is 5. The zero-order valence-electron chi connectivity index (χ0n) is 13.0. The number of pyridine rings is 1.